The average molecular weight is 455 g/mol. The van der Waals surface area contributed by atoms with Gasteiger partial charge in [0.2, 0.25) is 0 Å². The lowest BCUT2D eigenvalue weighted by Crippen LogP contribution is -2.08. The Balaban J connectivity index is 2.23. The topological polar surface area (TPSA) is 12.0 Å². The van der Waals surface area contributed by atoms with Gasteiger partial charge in [0, 0.05) is 14.1 Å². The molecule has 0 bridgehead atoms. The molecule has 0 fully saturated rings. The van der Waals surface area contributed by atoms with Gasteiger partial charge in [0.1, 0.15) is 5.82 Å². The molecule has 2 aromatic carbocycles. The van der Waals surface area contributed by atoms with Gasteiger partial charge in [-0.05, 0) is 65.4 Å². The number of halogens is 4. The maximum atomic E-state index is 13.1. The maximum Gasteiger partial charge on any atom is 0.124 e. The highest BCUT2D eigenvalue weighted by Crippen LogP contribution is 2.30. The van der Waals surface area contributed by atoms with Crippen molar-refractivity contribution >= 4 is 55.8 Å². The van der Waals surface area contributed by atoms with Crippen molar-refractivity contribution in [3.8, 4) is 0 Å². The number of benzene rings is 2. The van der Waals surface area contributed by atoms with E-state index in [0.29, 0.717) is 5.02 Å². The zero-order valence-electron chi connectivity index (χ0n) is 10.1. The van der Waals surface area contributed by atoms with Crippen LogP contribution in [0.1, 0.15) is 18.5 Å². The van der Waals surface area contributed by atoms with Gasteiger partial charge in [-0.3, -0.25) is 0 Å². The SMILES string of the molecule is CC(Nc1ccc(I)cc1Cl)c1ccc(F)cc1Br. The summed E-state index contributed by atoms with van der Waals surface area (Å²) in [5.74, 6) is -0.255. The van der Waals surface area contributed by atoms with Crippen LogP contribution in [0.4, 0.5) is 10.1 Å². The van der Waals surface area contributed by atoms with Crippen LogP contribution in [0.5, 0.6) is 0 Å². The predicted octanol–water partition coefficient (Wildman–Crippen LogP) is 6.02. The average Bonchev–Trinajstić information content (AvgIpc) is 2.32. The van der Waals surface area contributed by atoms with E-state index in [9.17, 15) is 4.39 Å². The van der Waals surface area contributed by atoms with Crippen LogP contribution in [-0.4, -0.2) is 0 Å². The molecule has 2 aromatic rings. The third-order valence-electron chi connectivity index (χ3n) is 2.73. The second-order valence-electron chi connectivity index (χ2n) is 4.16. The van der Waals surface area contributed by atoms with Crippen LogP contribution in [0.15, 0.2) is 40.9 Å². The van der Waals surface area contributed by atoms with Crippen molar-refractivity contribution in [2.45, 2.75) is 13.0 Å². The highest BCUT2D eigenvalue weighted by Gasteiger charge is 2.11. The first-order chi connectivity index (χ1) is 8.97. The Morgan fingerprint density at radius 3 is 2.63 bits per heavy atom. The molecule has 0 saturated heterocycles. The first kappa shape index (κ1) is 15.1. The molecule has 1 nitrogen and oxygen atoms in total. The fourth-order valence-corrected chi connectivity index (χ4v) is 3.37. The molecule has 1 atom stereocenters. The van der Waals surface area contributed by atoms with Gasteiger partial charge in [0.05, 0.1) is 10.7 Å². The molecular weight excluding hydrogens is 443 g/mol. The van der Waals surface area contributed by atoms with Crippen LogP contribution in [0.25, 0.3) is 0 Å². The Labute approximate surface area is 138 Å². The van der Waals surface area contributed by atoms with E-state index in [4.69, 9.17) is 11.6 Å². The number of hydrogen-bond acceptors (Lipinski definition) is 1. The van der Waals surface area contributed by atoms with Crippen molar-refractivity contribution < 1.29 is 4.39 Å². The fourth-order valence-electron chi connectivity index (χ4n) is 1.77. The van der Waals surface area contributed by atoms with Crippen LogP contribution in [-0.2, 0) is 0 Å². The van der Waals surface area contributed by atoms with Crippen LogP contribution >= 0.6 is 50.1 Å². The number of hydrogen-bond donors (Lipinski definition) is 1. The van der Waals surface area contributed by atoms with Gasteiger partial charge in [-0.25, -0.2) is 4.39 Å². The van der Waals surface area contributed by atoms with Gasteiger partial charge < -0.3 is 5.32 Å². The second kappa shape index (κ2) is 6.41. The van der Waals surface area contributed by atoms with Crippen molar-refractivity contribution in [1.82, 2.24) is 0 Å². The summed E-state index contributed by atoms with van der Waals surface area (Å²) in [6.45, 7) is 2.01. The first-order valence-electron chi connectivity index (χ1n) is 5.64. The Hall–Kier alpha value is -0.330. The summed E-state index contributed by atoms with van der Waals surface area (Å²) in [6, 6.07) is 10.5. The maximum absolute atomic E-state index is 13.1. The smallest absolute Gasteiger partial charge is 0.124 e. The zero-order chi connectivity index (χ0) is 14.0. The van der Waals surface area contributed by atoms with Gasteiger partial charge in [0.25, 0.3) is 0 Å². The lowest BCUT2D eigenvalue weighted by molar-refractivity contribution is 0.625. The molecule has 0 radical (unpaired) electrons. The highest BCUT2D eigenvalue weighted by molar-refractivity contribution is 14.1. The molecule has 0 spiro atoms. The third kappa shape index (κ3) is 3.83. The molecule has 0 aliphatic carbocycles. The highest BCUT2D eigenvalue weighted by atomic mass is 127. The van der Waals surface area contributed by atoms with E-state index in [2.05, 4.69) is 43.8 Å². The lowest BCUT2D eigenvalue weighted by Gasteiger charge is -2.18. The van der Waals surface area contributed by atoms with E-state index in [0.717, 1.165) is 19.3 Å². The predicted molar refractivity (Wildman–Crippen MR) is 90.3 cm³/mol. The lowest BCUT2D eigenvalue weighted by atomic mass is 10.1. The molecule has 0 aliphatic rings. The van der Waals surface area contributed by atoms with E-state index in [-0.39, 0.29) is 11.9 Å². The van der Waals surface area contributed by atoms with Crippen LogP contribution in [0.3, 0.4) is 0 Å². The summed E-state index contributed by atoms with van der Waals surface area (Å²) in [6.07, 6.45) is 0. The molecule has 100 valence electrons. The Bertz CT molecular complexity index is 606. The van der Waals surface area contributed by atoms with Crippen LogP contribution in [0.2, 0.25) is 5.02 Å². The van der Waals surface area contributed by atoms with E-state index >= 15 is 0 Å². The minimum atomic E-state index is -0.255. The van der Waals surface area contributed by atoms with Gasteiger partial charge in [-0.2, -0.15) is 0 Å². The molecule has 0 heterocycles. The summed E-state index contributed by atoms with van der Waals surface area (Å²) < 4.78 is 14.9. The van der Waals surface area contributed by atoms with Crippen molar-refractivity contribution in [3.05, 3.63) is 60.8 Å². The number of nitrogens with one attached hydrogen (secondary N) is 1. The minimum absolute atomic E-state index is 0.0209. The Morgan fingerprint density at radius 1 is 1.26 bits per heavy atom. The monoisotopic (exact) mass is 453 g/mol. The molecule has 1 unspecified atom stereocenters. The largest absolute Gasteiger partial charge is 0.377 e. The summed E-state index contributed by atoms with van der Waals surface area (Å²) in [4.78, 5) is 0. The molecule has 5 heteroatoms. The fraction of sp³-hybridized carbons (Fsp3) is 0.143. The van der Waals surface area contributed by atoms with Gasteiger partial charge in [-0.1, -0.05) is 33.6 Å². The second-order valence-corrected chi connectivity index (χ2v) is 6.66. The molecule has 0 aliphatic heterocycles. The van der Waals surface area contributed by atoms with Gasteiger partial charge in [0.15, 0.2) is 0 Å². The summed E-state index contributed by atoms with van der Waals surface area (Å²) >= 11 is 11.8. The van der Waals surface area contributed by atoms with Crippen LogP contribution in [0, 0.1) is 9.39 Å². The number of rotatable bonds is 3. The Morgan fingerprint density at radius 2 is 2.00 bits per heavy atom. The first-order valence-corrected chi connectivity index (χ1v) is 7.89. The Kier molecular flexibility index (Phi) is 5.09. The molecular formula is C14H11BrClFIN. The van der Waals surface area contributed by atoms with Crippen molar-refractivity contribution in [2.24, 2.45) is 0 Å². The van der Waals surface area contributed by atoms with E-state index in [1.165, 1.54) is 12.1 Å². The normalized spacial score (nSPS) is 12.3. The van der Waals surface area contributed by atoms with E-state index < -0.39 is 0 Å². The summed E-state index contributed by atoms with van der Waals surface area (Å²) in [7, 11) is 0. The van der Waals surface area contributed by atoms with E-state index in [1.807, 2.05) is 25.1 Å². The molecule has 0 aromatic heterocycles. The molecule has 19 heavy (non-hydrogen) atoms. The summed E-state index contributed by atoms with van der Waals surface area (Å²) in [5.41, 5.74) is 1.85. The minimum Gasteiger partial charge on any atom is -0.377 e. The van der Waals surface area contributed by atoms with Crippen molar-refractivity contribution in [1.29, 1.82) is 0 Å². The third-order valence-corrected chi connectivity index (χ3v) is 4.40. The van der Waals surface area contributed by atoms with Gasteiger partial charge in [-0.15, -0.1) is 0 Å². The van der Waals surface area contributed by atoms with E-state index in [1.54, 1.807) is 6.07 Å². The molecule has 2 rings (SSSR count). The van der Waals surface area contributed by atoms with Crippen molar-refractivity contribution in [2.75, 3.05) is 5.32 Å². The van der Waals surface area contributed by atoms with Gasteiger partial charge >= 0.3 is 0 Å². The van der Waals surface area contributed by atoms with Crippen molar-refractivity contribution in [3.63, 3.8) is 0 Å². The number of anilines is 1. The molecule has 1 N–H and O–H groups in total. The zero-order valence-corrected chi connectivity index (χ0v) is 14.6. The quantitative estimate of drug-likeness (QED) is 0.560. The molecule has 0 amide bonds. The standard InChI is InChI=1S/C14H11BrClFIN/c1-8(11-4-2-9(17)6-12(11)15)19-14-5-3-10(18)7-13(14)16/h2-8,19H,1H3. The molecule has 0 saturated carbocycles. The summed E-state index contributed by atoms with van der Waals surface area (Å²) in [5, 5.41) is 4.00. The van der Waals surface area contributed by atoms with Crippen LogP contribution < -0.4 is 5.32 Å².